The van der Waals surface area contributed by atoms with E-state index in [-0.39, 0.29) is 24.6 Å². The SMILES string of the molecule is O=[C-]c1ccco1.[Li+]. The Bertz CT molecular complexity index is 145. The van der Waals surface area contributed by atoms with Gasteiger partial charge in [0.1, 0.15) is 0 Å². The molecule has 0 aliphatic rings. The van der Waals surface area contributed by atoms with Crippen LogP contribution in [0.15, 0.2) is 22.8 Å². The van der Waals surface area contributed by atoms with E-state index in [0.29, 0.717) is 0 Å². The minimum atomic E-state index is 0. The molecular weight excluding hydrogens is 99.0 g/mol. The van der Waals surface area contributed by atoms with Gasteiger partial charge in [0.2, 0.25) is 0 Å². The quantitative estimate of drug-likeness (QED) is 0.296. The molecule has 0 aliphatic carbocycles. The first kappa shape index (κ1) is 7.55. The number of hydrogen-bond donors (Lipinski definition) is 0. The predicted molar refractivity (Wildman–Crippen MR) is 23.5 cm³/mol. The van der Waals surface area contributed by atoms with E-state index in [1.807, 2.05) is 0 Å². The van der Waals surface area contributed by atoms with E-state index in [1.165, 1.54) is 6.26 Å². The summed E-state index contributed by atoms with van der Waals surface area (Å²) in [4.78, 5) is 9.65. The van der Waals surface area contributed by atoms with Crippen LogP contribution in [0, 0.1) is 0 Å². The van der Waals surface area contributed by atoms with Gasteiger partial charge >= 0.3 is 18.9 Å². The first-order valence-electron chi connectivity index (χ1n) is 1.85. The second kappa shape index (κ2) is 3.54. The Morgan fingerprint density at radius 3 is 2.62 bits per heavy atom. The molecule has 0 spiro atoms. The molecule has 0 atom stereocenters. The normalized spacial score (nSPS) is 7.50. The summed E-state index contributed by atoms with van der Waals surface area (Å²) in [5.74, 6) is 0.250. The average Bonchev–Trinajstić information content (AvgIpc) is 2.14. The van der Waals surface area contributed by atoms with Gasteiger partial charge in [-0.05, 0) is 5.76 Å². The van der Waals surface area contributed by atoms with Crippen molar-refractivity contribution >= 4 is 6.29 Å². The fraction of sp³-hybridized carbons (Fsp3) is 0. The average molecular weight is 102 g/mol. The van der Waals surface area contributed by atoms with Crippen LogP contribution in [0.25, 0.3) is 0 Å². The summed E-state index contributed by atoms with van der Waals surface area (Å²) in [6.07, 6.45) is 3.02. The van der Waals surface area contributed by atoms with Crippen molar-refractivity contribution in [2.75, 3.05) is 0 Å². The molecule has 8 heavy (non-hydrogen) atoms. The predicted octanol–water partition coefficient (Wildman–Crippen LogP) is -2.26. The van der Waals surface area contributed by atoms with Crippen LogP contribution in [-0.2, 0) is 4.79 Å². The zero-order valence-corrected chi connectivity index (χ0v) is 4.55. The summed E-state index contributed by atoms with van der Waals surface area (Å²) in [7, 11) is 0. The van der Waals surface area contributed by atoms with Gasteiger partial charge in [-0.25, -0.2) is 0 Å². The third-order valence-electron chi connectivity index (χ3n) is 0.622. The van der Waals surface area contributed by atoms with Crippen molar-refractivity contribution < 1.29 is 28.1 Å². The van der Waals surface area contributed by atoms with Crippen molar-refractivity contribution in [2.45, 2.75) is 0 Å². The maximum atomic E-state index is 9.65. The van der Waals surface area contributed by atoms with Crippen LogP contribution in [0.1, 0.15) is 5.76 Å². The Balaban J connectivity index is 0.000000490. The van der Waals surface area contributed by atoms with Crippen LogP contribution >= 0.6 is 0 Å². The van der Waals surface area contributed by atoms with Crippen molar-refractivity contribution in [3.05, 3.63) is 24.2 Å². The minimum Gasteiger partial charge on any atom is -0.501 e. The zero-order valence-electron chi connectivity index (χ0n) is 4.55. The summed E-state index contributed by atoms with van der Waals surface area (Å²) >= 11 is 0. The maximum absolute atomic E-state index is 9.65. The molecule has 3 heteroatoms. The Kier molecular flexibility index (Phi) is 3.34. The third kappa shape index (κ3) is 1.57. The molecule has 0 aromatic carbocycles. The molecule has 0 N–H and O–H groups in total. The van der Waals surface area contributed by atoms with Crippen LogP contribution in [-0.4, -0.2) is 6.29 Å². The second-order valence-corrected chi connectivity index (χ2v) is 1.08. The molecule has 0 fully saturated rings. The molecular formula is C5H3LiO2. The van der Waals surface area contributed by atoms with Crippen LogP contribution in [0.4, 0.5) is 0 Å². The van der Waals surface area contributed by atoms with Gasteiger partial charge in [-0.3, -0.25) is 0 Å². The largest absolute Gasteiger partial charge is 1.00 e. The Hall–Kier alpha value is -0.453. The standard InChI is InChI=1S/C5H3O2.Li/c6-4-5-2-1-3-7-5;/h1-3H;/q-1;+1. The van der Waals surface area contributed by atoms with Gasteiger partial charge in [0, 0.05) is 6.29 Å². The van der Waals surface area contributed by atoms with Crippen LogP contribution in [0.3, 0.4) is 0 Å². The monoisotopic (exact) mass is 102 g/mol. The Labute approximate surface area is 59.0 Å². The molecule has 0 bridgehead atoms. The van der Waals surface area contributed by atoms with Gasteiger partial charge in [-0.1, -0.05) is 0 Å². The number of carbonyl (C=O) groups excluding carboxylic acids is 1. The van der Waals surface area contributed by atoms with Crippen LogP contribution < -0.4 is 18.9 Å². The van der Waals surface area contributed by atoms with E-state index in [0.717, 1.165) is 0 Å². The first-order chi connectivity index (χ1) is 3.43. The molecule has 1 aromatic rings. The molecule has 0 saturated heterocycles. The van der Waals surface area contributed by atoms with Crippen molar-refractivity contribution in [3.8, 4) is 0 Å². The molecule has 0 unspecified atom stereocenters. The molecule has 1 rings (SSSR count). The fourth-order valence-electron chi connectivity index (χ4n) is 0.337. The van der Waals surface area contributed by atoms with Crippen molar-refractivity contribution in [1.29, 1.82) is 0 Å². The van der Waals surface area contributed by atoms with Gasteiger partial charge in [0.15, 0.2) is 0 Å². The number of rotatable bonds is 1. The molecule has 0 saturated carbocycles. The van der Waals surface area contributed by atoms with E-state index < -0.39 is 0 Å². The van der Waals surface area contributed by atoms with E-state index in [1.54, 1.807) is 18.4 Å². The van der Waals surface area contributed by atoms with E-state index >= 15 is 0 Å². The van der Waals surface area contributed by atoms with Gasteiger partial charge in [0.05, 0.1) is 6.26 Å². The topological polar surface area (TPSA) is 30.2 Å². The van der Waals surface area contributed by atoms with Crippen LogP contribution in [0.5, 0.6) is 0 Å². The molecule has 0 radical (unpaired) electrons. The summed E-state index contributed by atoms with van der Waals surface area (Å²) < 4.78 is 4.56. The molecule has 1 aromatic heterocycles. The van der Waals surface area contributed by atoms with Gasteiger partial charge < -0.3 is 9.21 Å². The number of furan rings is 1. The van der Waals surface area contributed by atoms with Crippen molar-refractivity contribution in [1.82, 2.24) is 0 Å². The summed E-state index contributed by atoms with van der Waals surface area (Å²) in [5, 5.41) is 0. The van der Waals surface area contributed by atoms with Gasteiger partial charge in [-0.2, -0.15) is 6.07 Å². The van der Waals surface area contributed by atoms with Crippen LogP contribution in [0.2, 0.25) is 0 Å². The summed E-state index contributed by atoms with van der Waals surface area (Å²) in [5.41, 5.74) is 0. The molecule has 1 heterocycles. The van der Waals surface area contributed by atoms with Gasteiger partial charge in [-0.15, -0.1) is 6.07 Å². The molecule has 0 aliphatic heterocycles. The van der Waals surface area contributed by atoms with E-state index in [2.05, 4.69) is 4.42 Å². The Morgan fingerprint density at radius 1 is 1.62 bits per heavy atom. The smallest absolute Gasteiger partial charge is 0.501 e. The molecule has 0 amide bonds. The Morgan fingerprint density at radius 2 is 2.38 bits per heavy atom. The summed E-state index contributed by atoms with van der Waals surface area (Å²) in [6.45, 7) is 0. The number of hydrogen-bond acceptors (Lipinski definition) is 2. The van der Waals surface area contributed by atoms with Crippen molar-refractivity contribution in [3.63, 3.8) is 0 Å². The molecule has 36 valence electrons. The van der Waals surface area contributed by atoms with Crippen molar-refractivity contribution in [2.24, 2.45) is 0 Å². The minimum absolute atomic E-state index is 0. The fourth-order valence-corrected chi connectivity index (χ4v) is 0.337. The first-order valence-corrected chi connectivity index (χ1v) is 1.85. The third-order valence-corrected chi connectivity index (χ3v) is 0.622. The summed E-state index contributed by atoms with van der Waals surface area (Å²) in [6, 6.07) is 3.19. The maximum Gasteiger partial charge on any atom is 1.00 e. The molecule has 2 nitrogen and oxygen atoms in total. The van der Waals surface area contributed by atoms with Gasteiger partial charge in [0.25, 0.3) is 0 Å². The second-order valence-electron chi connectivity index (χ2n) is 1.08. The zero-order chi connectivity index (χ0) is 5.11. The van der Waals surface area contributed by atoms with E-state index in [4.69, 9.17) is 0 Å². The van der Waals surface area contributed by atoms with E-state index in [9.17, 15) is 4.79 Å².